The molecule has 0 unspecified atom stereocenters. The fourth-order valence-corrected chi connectivity index (χ4v) is 2.04. The van der Waals surface area contributed by atoms with E-state index in [1.54, 1.807) is 0 Å². The van der Waals surface area contributed by atoms with Crippen LogP contribution in [-0.4, -0.2) is 40.1 Å². The highest BCUT2D eigenvalue weighted by Gasteiger charge is 2.14. The van der Waals surface area contributed by atoms with E-state index in [-0.39, 0.29) is 30.2 Å². The van der Waals surface area contributed by atoms with Crippen LogP contribution in [0.25, 0.3) is 0 Å². The maximum atomic E-state index is 11.5. The Hall–Kier alpha value is -2.16. The Labute approximate surface area is 126 Å². The van der Waals surface area contributed by atoms with Gasteiger partial charge in [0, 0.05) is 10.9 Å². The maximum absolute atomic E-state index is 11.5. The van der Waals surface area contributed by atoms with Crippen molar-refractivity contribution in [3.05, 3.63) is 16.1 Å². The molecule has 3 amide bonds. The van der Waals surface area contributed by atoms with Crippen LogP contribution in [0.3, 0.4) is 0 Å². The highest BCUT2D eigenvalue weighted by Crippen LogP contribution is 2.09. The Balaban J connectivity index is 2.31. The monoisotopic (exact) mass is 314 g/mol. The first-order chi connectivity index (χ1) is 9.67. The molecule has 8 nitrogen and oxygen atoms in total. The van der Waals surface area contributed by atoms with Gasteiger partial charge in [-0.2, -0.15) is 0 Å². The molecule has 0 saturated carbocycles. The molecule has 1 rings (SSSR count). The molecule has 21 heavy (non-hydrogen) atoms. The molecule has 0 aliphatic heterocycles. The van der Waals surface area contributed by atoms with Gasteiger partial charge in [-0.1, -0.05) is 0 Å². The number of hydrogen-bond acceptors (Lipinski definition) is 5. The topological polar surface area (TPSA) is 120 Å². The fraction of sp³-hybridized carbons (Fsp3) is 0.500. The standard InChI is InChI=1S/C12H18N4O4S/c1-12(2,3)16-8(17)4-13-11(20)14-5-9-15-7(6-21-9)10(18)19/h6H,4-5H2,1-3H3,(H,16,17)(H,18,19)(H2,13,14,20). The summed E-state index contributed by atoms with van der Waals surface area (Å²) in [4.78, 5) is 37.4. The lowest BCUT2D eigenvalue weighted by Gasteiger charge is -2.20. The minimum atomic E-state index is -1.11. The number of nitrogens with one attached hydrogen (secondary N) is 3. The Morgan fingerprint density at radius 3 is 2.48 bits per heavy atom. The number of aromatic nitrogens is 1. The molecule has 1 aromatic heterocycles. The molecule has 1 aromatic rings. The van der Waals surface area contributed by atoms with Gasteiger partial charge in [-0.05, 0) is 20.8 Å². The second-order valence-electron chi connectivity index (χ2n) is 5.27. The number of carboxylic acids is 1. The predicted octanol–water partition coefficient (Wildman–Crippen LogP) is 0.555. The number of carboxylic acid groups (broad SMARTS) is 1. The van der Waals surface area contributed by atoms with Crippen LogP contribution in [-0.2, 0) is 11.3 Å². The first-order valence-corrected chi connectivity index (χ1v) is 7.06. The third-order valence-electron chi connectivity index (χ3n) is 2.09. The summed E-state index contributed by atoms with van der Waals surface area (Å²) in [5.74, 6) is -1.40. The van der Waals surface area contributed by atoms with Gasteiger partial charge in [-0.25, -0.2) is 14.6 Å². The van der Waals surface area contributed by atoms with Crippen LogP contribution < -0.4 is 16.0 Å². The van der Waals surface area contributed by atoms with Gasteiger partial charge >= 0.3 is 12.0 Å². The van der Waals surface area contributed by atoms with Gasteiger partial charge in [0.25, 0.3) is 0 Å². The molecule has 0 atom stereocenters. The van der Waals surface area contributed by atoms with E-state index in [0.717, 1.165) is 11.3 Å². The quantitative estimate of drug-likeness (QED) is 0.633. The van der Waals surface area contributed by atoms with Gasteiger partial charge in [-0.3, -0.25) is 4.79 Å². The number of hydrogen-bond donors (Lipinski definition) is 4. The zero-order chi connectivity index (χ0) is 16.0. The summed E-state index contributed by atoms with van der Waals surface area (Å²) in [6, 6.07) is -0.522. The van der Waals surface area contributed by atoms with Crippen LogP contribution in [0.15, 0.2) is 5.38 Å². The van der Waals surface area contributed by atoms with E-state index in [1.165, 1.54) is 5.38 Å². The molecule has 0 saturated heterocycles. The summed E-state index contributed by atoms with van der Waals surface area (Å²) in [7, 11) is 0. The lowest BCUT2D eigenvalue weighted by Crippen LogP contribution is -2.47. The van der Waals surface area contributed by atoms with Crippen molar-refractivity contribution in [1.82, 2.24) is 20.9 Å². The molecule has 1 heterocycles. The average Bonchev–Trinajstić information content (AvgIpc) is 2.80. The van der Waals surface area contributed by atoms with E-state index in [2.05, 4.69) is 20.9 Å². The molecule has 0 aromatic carbocycles. The summed E-state index contributed by atoms with van der Waals surface area (Å²) in [5, 5.41) is 18.2. The number of carbonyl (C=O) groups is 3. The molecule has 0 bridgehead atoms. The number of urea groups is 1. The third kappa shape index (κ3) is 6.70. The highest BCUT2D eigenvalue weighted by molar-refractivity contribution is 7.09. The van der Waals surface area contributed by atoms with Gasteiger partial charge in [0.05, 0.1) is 13.1 Å². The van der Waals surface area contributed by atoms with Gasteiger partial charge in [0.2, 0.25) is 5.91 Å². The summed E-state index contributed by atoms with van der Waals surface area (Å²) >= 11 is 1.14. The van der Waals surface area contributed by atoms with Crippen LogP contribution >= 0.6 is 11.3 Å². The van der Waals surface area contributed by atoms with Gasteiger partial charge in [0.1, 0.15) is 5.01 Å². The Bertz CT molecular complexity index is 536. The Morgan fingerprint density at radius 2 is 1.95 bits per heavy atom. The van der Waals surface area contributed by atoms with Crippen LogP contribution in [0.5, 0.6) is 0 Å². The van der Waals surface area contributed by atoms with E-state index in [1.807, 2.05) is 20.8 Å². The zero-order valence-corrected chi connectivity index (χ0v) is 12.8. The normalized spacial score (nSPS) is 10.8. The van der Waals surface area contributed by atoms with Gasteiger partial charge in [0.15, 0.2) is 5.69 Å². The first-order valence-electron chi connectivity index (χ1n) is 6.18. The van der Waals surface area contributed by atoms with E-state index >= 15 is 0 Å². The van der Waals surface area contributed by atoms with E-state index in [0.29, 0.717) is 5.01 Å². The smallest absolute Gasteiger partial charge is 0.355 e. The predicted molar refractivity (Wildman–Crippen MR) is 77.2 cm³/mol. The second-order valence-corrected chi connectivity index (χ2v) is 6.21. The number of aromatic carboxylic acids is 1. The van der Waals surface area contributed by atoms with Crippen LogP contribution in [0.1, 0.15) is 36.3 Å². The molecule has 0 fully saturated rings. The average molecular weight is 314 g/mol. The highest BCUT2D eigenvalue weighted by atomic mass is 32.1. The van der Waals surface area contributed by atoms with Crippen molar-refractivity contribution >= 4 is 29.2 Å². The molecule has 4 N–H and O–H groups in total. The number of rotatable bonds is 5. The van der Waals surface area contributed by atoms with Crippen LogP contribution in [0.4, 0.5) is 4.79 Å². The Kier molecular flexibility index (Phi) is 5.65. The number of amides is 3. The van der Waals surface area contributed by atoms with Crippen molar-refractivity contribution in [2.24, 2.45) is 0 Å². The Morgan fingerprint density at radius 1 is 1.29 bits per heavy atom. The van der Waals surface area contributed by atoms with Crippen LogP contribution in [0, 0.1) is 0 Å². The van der Waals surface area contributed by atoms with E-state index in [4.69, 9.17) is 5.11 Å². The first kappa shape index (κ1) is 16.9. The molecule has 0 aliphatic rings. The van der Waals surface area contributed by atoms with E-state index < -0.39 is 12.0 Å². The number of thiazole rings is 1. The van der Waals surface area contributed by atoms with E-state index in [9.17, 15) is 14.4 Å². The summed E-state index contributed by atoms with van der Waals surface area (Å²) in [6.07, 6.45) is 0. The molecule has 116 valence electrons. The van der Waals surface area contributed by atoms with Crippen LogP contribution in [0.2, 0.25) is 0 Å². The number of carbonyl (C=O) groups excluding carboxylic acids is 2. The van der Waals surface area contributed by atoms with Crippen molar-refractivity contribution in [2.45, 2.75) is 32.9 Å². The van der Waals surface area contributed by atoms with Crippen molar-refractivity contribution in [1.29, 1.82) is 0 Å². The zero-order valence-electron chi connectivity index (χ0n) is 12.0. The summed E-state index contributed by atoms with van der Waals surface area (Å²) < 4.78 is 0. The lowest BCUT2D eigenvalue weighted by atomic mass is 10.1. The third-order valence-corrected chi connectivity index (χ3v) is 2.94. The van der Waals surface area contributed by atoms with Gasteiger partial charge in [-0.15, -0.1) is 11.3 Å². The maximum Gasteiger partial charge on any atom is 0.355 e. The number of nitrogens with zero attached hydrogens (tertiary/aromatic N) is 1. The molecular formula is C12H18N4O4S. The molecule has 0 spiro atoms. The van der Waals surface area contributed by atoms with Crippen molar-refractivity contribution in [3.8, 4) is 0 Å². The second kappa shape index (κ2) is 7.02. The lowest BCUT2D eigenvalue weighted by molar-refractivity contribution is -0.121. The van der Waals surface area contributed by atoms with Crippen molar-refractivity contribution in [3.63, 3.8) is 0 Å². The SMILES string of the molecule is CC(C)(C)NC(=O)CNC(=O)NCc1nc(C(=O)O)cs1. The summed E-state index contributed by atoms with van der Waals surface area (Å²) in [5.41, 5.74) is -0.412. The fourth-order valence-electron chi connectivity index (χ4n) is 1.33. The van der Waals surface area contributed by atoms with Gasteiger partial charge < -0.3 is 21.1 Å². The molecular weight excluding hydrogens is 296 g/mol. The summed E-state index contributed by atoms with van der Waals surface area (Å²) in [6.45, 7) is 5.49. The minimum Gasteiger partial charge on any atom is -0.476 e. The minimum absolute atomic E-state index is 0.0539. The molecule has 0 radical (unpaired) electrons. The molecule has 0 aliphatic carbocycles. The largest absolute Gasteiger partial charge is 0.476 e. The van der Waals surface area contributed by atoms with Crippen molar-refractivity contribution < 1.29 is 19.5 Å². The van der Waals surface area contributed by atoms with Crippen molar-refractivity contribution in [2.75, 3.05) is 6.54 Å². The molecule has 9 heteroatoms.